The van der Waals surface area contributed by atoms with Gasteiger partial charge in [0.1, 0.15) is 10.8 Å². The molecule has 0 aliphatic heterocycles. The number of guanidine groups is 1. The van der Waals surface area contributed by atoms with Crippen LogP contribution in [0.15, 0.2) is 29.4 Å². The van der Waals surface area contributed by atoms with E-state index in [1.807, 2.05) is 13.1 Å². The van der Waals surface area contributed by atoms with Gasteiger partial charge in [0.05, 0.1) is 19.7 Å². The number of halogens is 2. The summed E-state index contributed by atoms with van der Waals surface area (Å²) in [6, 6.07) is 4.67. The molecule has 1 aromatic carbocycles. The van der Waals surface area contributed by atoms with E-state index in [0.29, 0.717) is 19.0 Å². The lowest BCUT2D eigenvalue weighted by Crippen LogP contribution is -2.36. The number of nitrogens with zero attached hydrogens (tertiary/aromatic N) is 2. The monoisotopic (exact) mass is 478 g/mol. The molecule has 0 saturated heterocycles. The molecule has 3 N–H and O–H groups in total. The van der Waals surface area contributed by atoms with Crippen LogP contribution in [0, 0.1) is 5.82 Å². The molecule has 8 heteroatoms. The SMILES string of the molecule is CCNC(=NCc1ccc(F)c(CO)c1)NCc1ncc(CC)s1.I. The van der Waals surface area contributed by atoms with Gasteiger partial charge in [0, 0.05) is 23.2 Å². The summed E-state index contributed by atoms with van der Waals surface area (Å²) in [5.41, 5.74) is 1.13. The van der Waals surface area contributed by atoms with Crippen molar-refractivity contribution in [2.75, 3.05) is 6.54 Å². The first-order chi connectivity index (χ1) is 11.7. The molecule has 0 fully saturated rings. The number of aromatic nitrogens is 1. The molecule has 0 amide bonds. The molecule has 0 radical (unpaired) electrons. The maximum Gasteiger partial charge on any atom is 0.191 e. The molecule has 25 heavy (non-hydrogen) atoms. The minimum absolute atomic E-state index is 0. The van der Waals surface area contributed by atoms with Crippen molar-refractivity contribution in [2.24, 2.45) is 4.99 Å². The molecular weight excluding hydrogens is 454 g/mol. The van der Waals surface area contributed by atoms with Gasteiger partial charge in [-0.1, -0.05) is 13.0 Å². The Hall–Kier alpha value is -1.26. The quantitative estimate of drug-likeness (QED) is 0.325. The zero-order valence-electron chi connectivity index (χ0n) is 14.4. The van der Waals surface area contributed by atoms with E-state index in [1.165, 1.54) is 10.9 Å². The summed E-state index contributed by atoms with van der Waals surface area (Å²) in [6.07, 6.45) is 2.89. The lowest BCUT2D eigenvalue weighted by molar-refractivity contribution is 0.275. The van der Waals surface area contributed by atoms with Crippen LogP contribution in [0.3, 0.4) is 0 Å². The molecule has 0 aliphatic rings. The summed E-state index contributed by atoms with van der Waals surface area (Å²) >= 11 is 1.69. The van der Waals surface area contributed by atoms with Crippen LogP contribution in [-0.4, -0.2) is 22.6 Å². The second-order valence-corrected chi connectivity index (χ2v) is 6.41. The summed E-state index contributed by atoms with van der Waals surface area (Å²) in [7, 11) is 0. The lowest BCUT2D eigenvalue weighted by atomic mass is 10.1. The molecule has 5 nitrogen and oxygen atoms in total. The topological polar surface area (TPSA) is 69.5 Å². The van der Waals surface area contributed by atoms with Crippen molar-refractivity contribution < 1.29 is 9.50 Å². The fraction of sp³-hybridized carbons (Fsp3) is 0.412. The molecule has 0 aliphatic carbocycles. The molecule has 138 valence electrons. The molecule has 2 aromatic rings. The highest BCUT2D eigenvalue weighted by atomic mass is 127. The third-order valence-electron chi connectivity index (χ3n) is 3.40. The molecule has 1 aromatic heterocycles. The van der Waals surface area contributed by atoms with Crippen molar-refractivity contribution in [3.8, 4) is 0 Å². The second-order valence-electron chi connectivity index (χ2n) is 5.21. The Bertz CT molecular complexity index is 693. The number of thiazole rings is 1. The van der Waals surface area contributed by atoms with Crippen molar-refractivity contribution in [3.63, 3.8) is 0 Å². The molecule has 1 heterocycles. The Morgan fingerprint density at radius 2 is 2.12 bits per heavy atom. The van der Waals surface area contributed by atoms with Crippen LogP contribution in [0.4, 0.5) is 4.39 Å². The van der Waals surface area contributed by atoms with Crippen molar-refractivity contribution in [2.45, 2.75) is 40.0 Å². The Kier molecular flexibility index (Phi) is 9.91. The lowest BCUT2D eigenvalue weighted by Gasteiger charge is -2.10. The van der Waals surface area contributed by atoms with E-state index in [1.54, 1.807) is 23.5 Å². The third-order valence-corrected chi connectivity index (χ3v) is 4.54. The Morgan fingerprint density at radius 1 is 1.32 bits per heavy atom. The summed E-state index contributed by atoms with van der Waals surface area (Å²) in [4.78, 5) is 10.1. The number of hydrogen-bond donors (Lipinski definition) is 3. The van der Waals surface area contributed by atoms with Gasteiger partial charge < -0.3 is 15.7 Å². The highest BCUT2D eigenvalue weighted by molar-refractivity contribution is 14.0. The zero-order valence-corrected chi connectivity index (χ0v) is 17.5. The predicted octanol–water partition coefficient (Wildman–Crippen LogP) is 3.21. The highest BCUT2D eigenvalue weighted by Crippen LogP contribution is 2.13. The van der Waals surface area contributed by atoms with Gasteiger partial charge in [0.2, 0.25) is 0 Å². The van der Waals surface area contributed by atoms with Gasteiger partial charge in [-0.25, -0.2) is 14.4 Å². The van der Waals surface area contributed by atoms with Crippen molar-refractivity contribution >= 4 is 41.3 Å². The zero-order chi connectivity index (χ0) is 17.4. The minimum Gasteiger partial charge on any atom is -0.392 e. The van der Waals surface area contributed by atoms with Gasteiger partial charge in [-0.15, -0.1) is 35.3 Å². The fourth-order valence-corrected chi connectivity index (χ4v) is 2.91. The van der Waals surface area contributed by atoms with Crippen molar-refractivity contribution in [3.05, 3.63) is 51.2 Å². The number of nitrogens with one attached hydrogen (secondary N) is 2. The number of aliphatic imine (C=N–C) groups is 1. The summed E-state index contributed by atoms with van der Waals surface area (Å²) in [5.74, 6) is 0.284. The van der Waals surface area contributed by atoms with Gasteiger partial charge in [-0.3, -0.25) is 0 Å². The van der Waals surface area contributed by atoms with Crippen LogP contribution >= 0.6 is 35.3 Å². The van der Waals surface area contributed by atoms with Crippen LogP contribution < -0.4 is 10.6 Å². The normalized spacial score (nSPS) is 11.1. The second kappa shape index (κ2) is 11.4. The van der Waals surface area contributed by atoms with E-state index in [2.05, 4.69) is 27.5 Å². The van der Waals surface area contributed by atoms with E-state index in [-0.39, 0.29) is 36.1 Å². The number of aliphatic hydroxyl groups is 1. The Balaban J connectivity index is 0.00000312. The first kappa shape index (κ1) is 21.8. The number of aryl methyl sites for hydroxylation is 1. The van der Waals surface area contributed by atoms with Crippen molar-refractivity contribution in [1.82, 2.24) is 15.6 Å². The molecule has 0 atom stereocenters. The van der Waals surface area contributed by atoms with E-state index in [0.717, 1.165) is 23.5 Å². The number of hydrogen-bond acceptors (Lipinski definition) is 4. The van der Waals surface area contributed by atoms with Crippen LogP contribution in [0.2, 0.25) is 0 Å². The number of rotatable bonds is 7. The fourth-order valence-electron chi connectivity index (χ4n) is 2.11. The van der Waals surface area contributed by atoms with Crippen LogP contribution in [0.1, 0.15) is 34.9 Å². The smallest absolute Gasteiger partial charge is 0.191 e. The summed E-state index contributed by atoms with van der Waals surface area (Å²) in [5, 5.41) is 16.6. The van der Waals surface area contributed by atoms with Crippen molar-refractivity contribution in [1.29, 1.82) is 0 Å². The molecule has 0 unspecified atom stereocenters. The molecule has 0 bridgehead atoms. The van der Waals surface area contributed by atoms with E-state index in [9.17, 15) is 4.39 Å². The van der Waals surface area contributed by atoms with Gasteiger partial charge in [-0.05, 0) is 31.0 Å². The largest absolute Gasteiger partial charge is 0.392 e. The maximum absolute atomic E-state index is 13.4. The molecule has 2 rings (SSSR count). The van der Waals surface area contributed by atoms with Gasteiger partial charge in [-0.2, -0.15) is 0 Å². The predicted molar refractivity (Wildman–Crippen MR) is 111 cm³/mol. The summed E-state index contributed by atoms with van der Waals surface area (Å²) < 4.78 is 13.4. The van der Waals surface area contributed by atoms with Gasteiger partial charge in [0.25, 0.3) is 0 Å². The molecular formula is C17H24FIN4OS. The number of benzene rings is 1. The highest BCUT2D eigenvalue weighted by Gasteiger charge is 2.04. The van der Waals surface area contributed by atoms with E-state index < -0.39 is 5.82 Å². The van der Waals surface area contributed by atoms with Crippen LogP contribution in [-0.2, 0) is 26.1 Å². The average molecular weight is 478 g/mol. The van der Waals surface area contributed by atoms with Gasteiger partial charge >= 0.3 is 0 Å². The number of aliphatic hydroxyl groups excluding tert-OH is 1. The first-order valence-corrected chi connectivity index (χ1v) is 8.81. The molecule has 0 saturated carbocycles. The van der Waals surface area contributed by atoms with E-state index in [4.69, 9.17) is 5.11 Å². The van der Waals surface area contributed by atoms with Gasteiger partial charge in [0.15, 0.2) is 5.96 Å². The first-order valence-electron chi connectivity index (χ1n) is 8.00. The average Bonchev–Trinajstić information content (AvgIpc) is 3.06. The standard InChI is InChI=1S/C17H23FN4OS.HI/c1-3-14-9-20-16(24-14)10-22-17(19-4-2)21-8-12-5-6-15(18)13(7-12)11-23;/h5-7,9,23H,3-4,8,10-11H2,1-2H3,(H2,19,21,22);1H. The Labute approximate surface area is 168 Å². The maximum atomic E-state index is 13.4. The minimum atomic E-state index is -0.397. The third kappa shape index (κ3) is 6.87. The Morgan fingerprint density at radius 3 is 2.76 bits per heavy atom. The molecule has 0 spiro atoms. The van der Waals surface area contributed by atoms with Crippen LogP contribution in [0.5, 0.6) is 0 Å². The summed E-state index contributed by atoms with van der Waals surface area (Å²) in [6.45, 7) is 5.56. The van der Waals surface area contributed by atoms with E-state index >= 15 is 0 Å². The van der Waals surface area contributed by atoms with Crippen LogP contribution in [0.25, 0.3) is 0 Å².